The number of ether oxygens (including phenoxy) is 1. The van der Waals surface area contributed by atoms with E-state index in [4.69, 9.17) is 15.1 Å². The lowest BCUT2D eigenvalue weighted by Gasteiger charge is -2.13. The van der Waals surface area contributed by atoms with Gasteiger partial charge >= 0.3 is 5.97 Å². The second-order valence-corrected chi connectivity index (χ2v) is 6.57. The Kier molecular flexibility index (Phi) is 19.2. The molecule has 0 amide bonds. The number of rotatable bonds is 18. The molecule has 26 heavy (non-hydrogen) atoms. The molecular formula is C21H38O5. The lowest BCUT2D eigenvalue weighted by Crippen LogP contribution is -2.26. The van der Waals surface area contributed by atoms with Gasteiger partial charge in [-0.2, -0.15) is 0 Å². The fourth-order valence-electron chi connectivity index (χ4n) is 2.53. The van der Waals surface area contributed by atoms with Crippen molar-refractivity contribution in [3.8, 4) is 0 Å². The molecule has 0 saturated heterocycles. The molecule has 5 heteroatoms. The van der Waals surface area contributed by atoms with Crippen molar-refractivity contribution in [2.75, 3.05) is 13.2 Å². The van der Waals surface area contributed by atoms with Gasteiger partial charge < -0.3 is 9.84 Å². The molecule has 0 bridgehead atoms. The highest BCUT2D eigenvalue weighted by atomic mass is 17.1. The molecule has 0 aliphatic carbocycles. The molecule has 1 atom stereocenters. The Labute approximate surface area is 159 Å². The van der Waals surface area contributed by atoms with E-state index in [9.17, 15) is 4.79 Å². The molecule has 5 nitrogen and oxygen atoms in total. The van der Waals surface area contributed by atoms with Crippen LogP contribution >= 0.6 is 0 Å². The molecule has 0 heterocycles. The van der Waals surface area contributed by atoms with Gasteiger partial charge in [0.15, 0.2) is 6.10 Å². The molecule has 0 spiro atoms. The van der Waals surface area contributed by atoms with E-state index < -0.39 is 6.10 Å². The molecule has 0 aliphatic heterocycles. The van der Waals surface area contributed by atoms with E-state index in [2.05, 4.69) is 36.1 Å². The van der Waals surface area contributed by atoms with E-state index in [0.29, 0.717) is 6.42 Å². The summed E-state index contributed by atoms with van der Waals surface area (Å²) in [7, 11) is 0. The number of allylic oxidation sites excluding steroid dienone is 4. The summed E-state index contributed by atoms with van der Waals surface area (Å²) in [6.45, 7) is 1.67. The SMILES string of the molecule is CCCCC/C=C\C/C=C\CCCCCCCC(=O)O[C@@H](CO)COO. The molecule has 152 valence electrons. The van der Waals surface area contributed by atoms with E-state index in [-0.39, 0.29) is 19.2 Å². The van der Waals surface area contributed by atoms with Crippen LogP contribution in [0.25, 0.3) is 0 Å². The first-order valence-corrected chi connectivity index (χ1v) is 10.1. The van der Waals surface area contributed by atoms with Crippen LogP contribution in [0.3, 0.4) is 0 Å². The van der Waals surface area contributed by atoms with Crippen LogP contribution in [-0.2, 0) is 14.4 Å². The monoisotopic (exact) mass is 370 g/mol. The van der Waals surface area contributed by atoms with Crippen LogP contribution in [0.2, 0.25) is 0 Å². The van der Waals surface area contributed by atoms with Gasteiger partial charge in [0.05, 0.1) is 6.61 Å². The van der Waals surface area contributed by atoms with Crippen molar-refractivity contribution < 1.29 is 24.8 Å². The zero-order valence-electron chi connectivity index (χ0n) is 16.4. The minimum absolute atomic E-state index is 0.204. The number of carbonyl (C=O) groups excluding carboxylic acids is 1. The van der Waals surface area contributed by atoms with Crippen molar-refractivity contribution in [3.05, 3.63) is 24.3 Å². The van der Waals surface area contributed by atoms with Gasteiger partial charge in [-0.25, -0.2) is 4.89 Å². The number of esters is 1. The smallest absolute Gasteiger partial charge is 0.306 e. The summed E-state index contributed by atoms with van der Waals surface area (Å²) in [5, 5.41) is 17.2. The van der Waals surface area contributed by atoms with Crippen molar-refractivity contribution in [1.82, 2.24) is 0 Å². The molecule has 0 aromatic heterocycles. The topological polar surface area (TPSA) is 76.0 Å². The van der Waals surface area contributed by atoms with Gasteiger partial charge in [0, 0.05) is 6.42 Å². The van der Waals surface area contributed by atoms with Crippen molar-refractivity contribution in [2.24, 2.45) is 0 Å². The number of aliphatic hydroxyl groups excluding tert-OH is 1. The van der Waals surface area contributed by atoms with Crippen molar-refractivity contribution in [2.45, 2.75) is 90.1 Å². The van der Waals surface area contributed by atoms with E-state index in [1.165, 1.54) is 38.5 Å². The average Bonchev–Trinajstić information content (AvgIpc) is 2.64. The van der Waals surface area contributed by atoms with E-state index in [0.717, 1.165) is 32.1 Å². The lowest BCUT2D eigenvalue weighted by molar-refractivity contribution is -0.261. The molecule has 2 N–H and O–H groups in total. The standard InChI is InChI=1S/C21H38O5/c1-2-3-4-5-6-7-8-9-10-11-12-13-14-15-16-17-21(23)26-20(18-22)19-25-24/h6-7,9-10,20,22,24H,2-5,8,11-19H2,1H3/b7-6-,10-9-/t20-/m0/s1. The summed E-state index contributed by atoms with van der Waals surface area (Å²) in [6.07, 6.45) is 21.1. The zero-order chi connectivity index (χ0) is 19.3. The molecule has 0 aromatic carbocycles. The summed E-state index contributed by atoms with van der Waals surface area (Å²) in [5.41, 5.74) is 0. The van der Waals surface area contributed by atoms with Gasteiger partial charge in [0.25, 0.3) is 0 Å². The largest absolute Gasteiger partial charge is 0.457 e. The minimum atomic E-state index is -0.787. The first-order valence-electron chi connectivity index (χ1n) is 10.1. The van der Waals surface area contributed by atoms with Crippen LogP contribution < -0.4 is 0 Å². The Bertz CT molecular complexity index is 365. The Morgan fingerprint density at radius 2 is 1.54 bits per heavy atom. The van der Waals surface area contributed by atoms with Crippen molar-refractivity contribution >= 4 is 5.97 Å². The molecular weight excluding hydrogens is 332 g/mol. The Hall–Kier alpha value is -1.17. The average molecular weight is 371 g/mol. The fraction of sp³-hybridized carbons (Fsp3) is 0.762. The second-order valence-electron chi connectivity index (χ2n) is 6.57. The van der Waals surface area contributed by atoms with Crippen LogP contribution in [0.1, 0.15) is 84.0 Å². The van der Waals surface area contributed by atoms with E-state index >= 15 is 0 Å². The Balaban J connectivity index is 3.40. The van der Waals surface area contributed by atoms with Gasteiger partial charge in [0.1, 0.15) is 6.61 Å². The predicted molar refractivity (Wildman–Crippen MR) is 105 cm³/mol. The molecule has 0 fully saturated rings. The van der Waals surface area contributed by atoms with Gasteiger partial charge in [-0.15, -0.1) is 0 Å². The molecule has 0 rings (SSSR count). The Morgan fingerprint density at radius 1 is 0.923 bits per heavy atom. The second kappa shape index (κ2) is 20.1. The minimum Gasteiger partial charge on any atom is -0.457 e. The maximum atomic E-state index is 11.5. The summed E-state index contributed by atoms with van der Waals surface area (Å²) in [6, 6.07) is 0. The number of hydrogen-bond donors (Lipinski definition) is 2. The van der Waals surface area contributed by atoms with Crippen LogP contribution in [0.15, 0.2) is 24.3 Å². The van der Waals surface area contributed by atoms with Gasteiger partial charge in [0.2, 0.25) is 0 Å². The summed E-state index contributed by atoms with van der Waals surface area (Å²) in [4.78, 5) is 15.4. The normalized spacial score (nSPS) is 12.9. The maximum Gasteiger partial charge on any atom is 0.306 e. The molecule has 0 radical (unpaired) electrons. The molecule has 0 aliphatic rings. The van der Waals surface area contributed by atoms with Gasteiger partial charge in [-0.05, 0) is 38.5 Å². The van der Waals surface area contributed by atoms with Crippen LogP contribution in [0, 0.1) is 0 Å². The van der Waals surface area contributed by atoms with E-state index in [1.54, 1.807) is 0 Å². The first-order chi connectivity index (χ1) is 12.7. The third-order valence-corrected chi connectivity index (χ3v) is 4.09. The first kappa shape index (κ1) is 24.8. The number of aliphatic hydroxyl groups is 1. The van der Waals surface area contributed by atoms with Crippen molar-refractivity contribution in [1.29, 1.82) is 0 Å². The van der Waals surface area contributed by atoms with E-state index in [1.807, 2.05) is 0 Å². The Morgan fingerprint density at radius 3 is 2.15 bits per heavy atom. The number of hydrogen-bond acceptors (Lipinski definition) is 5. The highest BCUT2D eigenvalue weighted by Gasteiger charge is 2.13. The third kappa shape index (κ3) is 17.6. The summed E-state index contributed by atoms with van der Waals surface area (Å²) < 4.78 is 4.97. The molecule has 0 unspecified atom stereocenters. The molecule has 0 saturated carbocycles. The highest BCUT2D eigenvalue weighted by Crippen LogP contribution is 2.09. The van der Waals surface area contributed by atoms with Crippen molar-refractivity contribution in [3.63, 3.8) is 0 Å². The fourth-order valence-corrected chi connectivity index (χ4v) is 2.53. The maximum absolute atomic E-state index is 11.5. The van der Waals surface area contributed by atoms with Crippen LogP contribution in [0.5, 0.6) is 0 Å². The summed E-state index contributed by atoms with van der Waals surface area (Å²) in [5.74, 6) is -0.355. The number of unbranched alkanes of at least 4 members (excludes halogenated alkanes) is 8. The third-order valence-electron chi connectivity index (χ3n) is 4.09. The number of carbonyl (C=O) groups is 1. The zero-order valence-corrected chi connectivity index (χ0v) is 16.4. The van der Waals surface area contributed by atoms with Crippen LogP contribution in [0.4, 0.5) is 0 Å². The lowest BCUT2D eigenvalue weighted by atomic mass is 10.1. The molecule has 0 aromatic rings. The predicted octanol–water partition coefficient (Wildman–Crippen LogP) is 5.19. The van der Waals surface area contributed by atoms with Crippen LogP contribution in [-0.4, -0.2) is 35.7 Å². The van der Waals surface area contributed by atoms with Gasteiger partial charge in [-0.1, -0.05) is 63.3 Å². The quantitative estimate of drug-likeness (QED) is 0.114. The highest BCUT2D eigenvalue weighted by molar-refractivity contribution is 5.69. The van der Waals surface area contributed by atoms with Gasteiger partial charge in [-0.3, -0.25) is 10.1 Å². The summed E-state index contributed by atoms with van der Waals surface area (Å²) >= 11 is 0.